The number of pyridine rings is 1. The molecule has 0 radical (unpaired) electrons. The molecule has 0 aliphatic carbocycles. The fraction of sp³-hybridized carbons (Fsp3) is 0.154. The van der Waals surface area contributed by atoms with Gasteiger partial charge >= 0.3 is 0 Å². The standard InChI is InChI=1S/C13H11Cl2NO/c1-8-5-10(14)3-4-11(8)17-12-6-13(15)16-7-9(12)2/h3-7H,1-2H3. The summed E-state index contributed by atoms with van der Waals surface area (Å²) < 4.78 is 5.79. The van der Waals surface area contributed by atoms with Crippen molar-refractivity contribution in [1.29, 1.82) is 0 Å². The maximum atomic E-state index is 5.89. The van der Waals surface area contributed by atoms with Crippen LogP contribution in [0.3, 0.4) is 0 Å². The van der Waals surface area contributed by atoms with Gasteiger partial charge in [-0.05, 0) is 37.6 Å². The first-order chi connectivity index (χ1) is 8.06. The summed E-state index contributed by atoms with van der Waals surface area (Å²) in [6.45, 7) is 3.86. The van der Waals surface area contributed by atoms with Crippen molar-refractivity contribution in [1.82, 2.24) is 4.98 Å². The Hall–Kier alpha value is -1.25. The molecule has 88 valence electrons. The van der Waals surface area contributed by atoms with Crippen molar-refractivity contribution in [3.63, 3.8) is 0 Å². The van der Waals surface area contributed by atoms with E-state index in [1.165, 1.54) is 0 Å². The molecule has 2 nitrogen and oxygen atoms in total. The van der Waals surface area contributed by atoms with E-state index < -0.39 is 0 Å². The van der Waals surface area contributed by atoms with Gasteiger partial charge in [0.25, 0.3) is 0 Å². The van der Waals surface area contributed by atoms with Crippen LogP contribution in [0, 0.1) is 13.8 Å². The second-order valence-electron chi connectivity index (χ2n) is 3.78. The molecule has 17 heavy (non-hydrogen) atoms. The number of rotatable bonds is 2. The minimum atomic E-state index is 0.414. The van der Waals surface area contributed by atoms with Crippen LogP contribution < -0.4 is 4.74 Å². The van der Waals surface area contributed by atoms with Crippen LogP contribution in [0.15, 0.2) is 30.5 Å². The van der Waals surface area contributed by atoms with E-state index in [9.17, 15) is 0 Å². The molecule has 0 unspecified atom stereocenters. The van der Waals surface area contributed by atoms with Crippen molar-refractivity contribution >= 4 is 23.2 Å². The molecule has 0 aliphatic rings. The Morgan fingerprint density at radius 3 is 2.47 bits per heavy atom. The van der Waals surface area contributed by atoms with Gasteiger partial charge in [0.05, 0.1) is 0 Å². The molecule has 0 saturated heterocycles. The molecule has 0 aliphatic heterocycles. The van der Waals surface area contributed by atoms with Gasteiger partial charge in [0.2, 0.25) is 0 Å². The Balaban J connectivity index is 2.34. The van der Waals surface area contributed by atoms with E-state index in [0.717, 1.165) is 16.9 Å². The highest BCUT2D eigenvalue weighted by molar-refractivity contribution is 6.30. The minimum Gasteiger partial charge on any atom is -0.457 e. The van der Waals surface area contributed by atoms with Crippen LogP contribution in [0.25, 0.3) is 0 Å². The van der Waals surface area contributed by atoms with Gasteiger partial charge in [-0.3, -0.25) is 0 Å². The zero-order valence-electron chi connectivity index (χ0n) is 9.50. The SMILES string of the molecule is Cc1cc(Cl)ccc1Oc1cc(Cl)ncc1C. The minimum absolute atomic E-state index is 0.414. The maximum Gasteiger partial charge on any atom is 0.134 e. The first-order valence-corrected chi connectivity index (χ1v) is 5.88. The van der Waals surface area contributed by atoms with Crippen molar-refractivity contribution < 1.29 is 4.74 Å². The number of ether oxygens (including phenoxy) is 1. The molecule has 0 fully saturated rings. The second-order valence-corrected chi connectivity index (χ2v) is 4.61. The molecule has 1 aromatic carbocycles. The summed E-state index contributed by atoms with van der Waals surface area (Å²) in [5.74, 6) is 1.47. The molecule has 1 aromatic heterocycles. The molecule has 0 amide bonds. The Bertz CT molecular complexity index is 555. The topological polar surface area (TPSA) is 22.1 Å². The third-order valence-electron chi connectivity index (χ3n) is 2.38. The molecule has 2 rings (SSSR count). The van der Waals surface area contributed by atoms with E-state index in [1.807, 2.05) is 26.0 Å². The van der Waals surface area contributed by atoms with E-state index in [-0.39, 0.29) is 0 Å². The number of benzene rings is 1. The second kappa shape index (κ2) is 4.94. The van der Waals surface area contributed by atoms with Crippen molar-refractivity contribution in [2.45, 2.75) is 13.8 Å². The van der Waals surface area contributed by atoms with Crippen molar-refractivity contribution in [3.05, 3.63) is 51.8 Å². The molecule has 0 N–H and O–H groups in total. The summed E-state index contributed by atoms with van der Waals surface area (Å²) in [4.78, 5) is 3.98. The lowest BCUT2D eigenvalue weighted by Gasteiger charge is -2.11. The van der Waals surface area contributed by atoms with Crippen LogP contribution in [-0.4, -0.2) is 4.98 Å². The van der Waals surface area contributed by atoms with Gasteiger partial charge < -0.3 is 4.74 Å². The van der Waals surface area contributed by atoms with Gasteiger partial charge in [0.1, 0.15) is 16.7 Å². The number of halogens is 2. The highest BCUT2D eigenvalue weighted by Gasteiger charge is 2.06. The molecule has 0 saturated carbocycles. The molecule has 0 bridgehead atoms. The van der Waals surface area contributed by atoms with Gasteiger partial charge in [-0.15, -0.1) is 0 Å². The van der Waals surface area contributed by atoms with Gasteiger partial charge in [-0.1, -0.05) is 23.2 Å². The summed E-state index contributed by atoms with van der Waals surface area (Å²) in [6, 6.07) is 7.19. The summed E-state index contributed by atoms with van der Waals surface area (Å²) in [7, 11) is 0. The van der Waals surface area contributed by atoms with Gasteiger partial charge in [-0.25, -0.2) is 4.98 Å². The third-order valence-corrected chi connectivity index (χ3v) is 2.82. The largest absolute Gasteiger partial charge is 0.457 e. The summed E-state index contributed by atoms with van der Waals surface area (Å²) in [5.41, 5.74) is 1.91. The average Bonchev–Trinajstić information content (AvgIpc) is 2.27. The fourth-order valence-corrected chi connectivity index (χ4v) is 1.81. The average molecular weight is 268 g/mol. The number of hydrogen-bond donors (Lipinski definition) is 0. The van der Waals surface area contributed by atoms with E-state index in [4.69, 9.17) is 27.9 Å². The van der Waals surface area contributed by atoms with Gasteiger partial charge in [-0.2, -0.15) is 0 Å². The monoisotopic (exact) mass is 267 g/mol. The number of nitrogens with zero attached hydrogens (tertiary/aromatic N) is 1. The summed E-state index contributed by atoms with van der Waals surface area (Å²) >= 11 is 11.7. The van der Waals surface area contributed by atoms with Crippen molar-refractivity contribution in [2.75, 3.05) is 0 Å². The normalized spacial score (nSPS) is 10.4. The van der Waals surface area contributed by atoms with Crippen LogP contribution in [0.5, 0.6) is 11.5 Å². The number of aryl methyl sites for hydroxylation is 2. The molecule has 2 aromatic rings. The lowest BCUT2D eigenvalue weighted by atomic mass is 10.2. The van der Waals surface area contributed by atoms with E-state index in [1.54, 1.807) is 18.3 Å². The zero-order chi connectivity index (χ0) is 12.4. The fourth-order valence-electron chi connectivity index (χ4n) is 1.44. The summed E-state index contributed by atoms with van der Waals surface area (Å²) in [6.07, 6.45) is 1.68. The Kier molecular flexibility index (Phi) is 3.55. The summed E-state index contributed by atoms with van der Waals surface area (Å²) in [5, 5.41) is 1.11. The molecular formula is C13H11Cl2NO. The molecular weight excluding hydrogens is 257 g/mol. The number of hydrogen-bond acceptors (Lipinski definition) is 2. The smallest absolute Gasteiger partial charge is 0.134 e. The van der Waals surface area contributed by atoms with Crippen molar-refractivity contribution in [3.8, 4) is 11.5 Å². The van der Waals surface area contributed by atoms with Gasteiger partial charge in [0, 0.05) is 22.8 Å². The number of aromatic nitrogens is 1. The van der Waals surface area contributed by atoms with E-state index >= 15 is 0 Å². The molecule has 1 heterocycles. The lowest BCUT2D eigenvalue weighted by Crippen LogP contribution is -1.91. The third kappa shape index (κ3) is 2.90. The van der Waals surface area contributed by atoms with Crippen LogP contribution >= 0.6 is 23.2 Å². The van der Waals surface area contributed by atoms with E-state index in [2.05, 4.69) is 4.98 Å². The molecule has 0 atom stereocenters. The predicted molar refractivity (Wildman–Crippen MR) is 70.2 cm³/mol. The van der Waals surface area contributed by atoms with Crippen LogP contribution in [-0.2, 0) is 0 Å². The zero-order valence-corrected chi connectivity index (χ0v) is 11.0. The highest BCUT2D eigenvalue weighted by atomic mass is 35.5. The first kappa shape index (κ1) is 12.2. The maximum absolute atomic E-state index is 5.89. The van der Waals surface area contributed by atoms with Gasteiger partial charge in [0.15, 0.2) is 0 Å². The lowest BCUT2D eigenvalue weighted by molar-refractivity contribution is 0.474. The molecule has 4 heteroatoms. The van der Waals surface area contributed by atoms with Crippen LogP contribution in [0.1, 0.15) is 11.1 Å². The molecule has 0 spiro atoms. The van der Waals surface area contributed by atoms with Crippen molar-refractivity contribution in [2.24, 2.45) is 0 Å². The first-order valence-electron chi connectivity index (χ1n) is 5.12. The van der Waals surface area contributed by atoms with Crippen LogP contribution in [0.4, 0.5) is 0 Å². The van der Waals surface area contributed by atoms with Crippen LogP contribution in [0.2, 0.25) is 10.2 Å². The Labute approximate surface area is 110 Å². The Morgan fingerprint density at radius 1 is 1.00 bits per heavy atom. The predicted octanol–water partition coefficient (Wildman–Crippen LogP) is 4.80. The Morgan fingerprint density at radius 2 is 1.76 bits per heavy atom. The van der Waals surface area contributed by atoms with E-state index in [0.29, 0.717) is 15.9 Å². The highest BCUT2D eigenvalue weighted by Crippen LogP contribution is 2.30. The quantitative estimate of drug-likeness (QED) is 0.730.